The van der Waals surface area contributed by atoms with Crippen LogP contribution in [0.15, 0.2) is 24.3 Å². The molecule has 1 N–H and O–H groups in total. The lowest BCUT2D eigenvalue weighted by Gasteiger charge is -2.08. The van der Waals surface area contributed by atoms with Gasteiger partial charge in [0.15, 0.2) is 0 Å². The summed E-state index contributed by atoms with van der Waals surface area (Å²) in [7, 11) is 0. The lowest BCUT2D eigenvalue weighted by molar-refractivity contribution is 0.200. The lowest BCUT2D eigenvalue weighted by atomic mass is 10.1. The van der Waals surface area contributed by atoms with Crippen molar-refractivity contribution in [3.63, 3.8) is 0 Å². The van der Waals surface area contributed by atoms with Gasteiger partial charge in [0.1, 0.15) is 18.2 Å². The Hall–Kier alpha value is -1.35. The molecular weight excluding hydrogens is 219 g/mol. The zero-order valence-electron chi connectivity index (χ0n) is 10.3. The Kier molecular flexibility index (Phi) is 5.70. The number of halogens is 1. The van der Waals surface area contributed by atoms with E-state index >= 15 is 0 Å². The molecule has 0 aromatic heterocycles. The van der Waals surface area contributed by atoms with E-state index in [9.17, 15) is 4.39 Å². The molecule has 0 saturated heterocycles. The minimum Gasteiger partial charge on any atom is -0.490 e. The fraction of sp³-hybridized carbons (Fsp3) is 0.429. The summed E-state index contributed by atoms with van der Waals surface area (Å²) in [4.78, 5) is 0. The first kappa shape index (κ1) is 13.7. The lowest BCUT2D eigenvalue weighted by Crippen LogP contribution is -2.03. The van der Waals surface area contributed by atoms with Crippen molar-refractivity contribution in [2.75, 3.05) is 13.2 Å². The topological polar surface area (TPSA) is 29.5 Å². The summed E-state index contributed by atoms with van der Waals surface area (Å²) < 4.78 is 18.4. The highest BCUT2D eigenvalue weighted by atomic mass is 19.1. The predicted octanol–water partition coefficient (Wildman–Crippen LogP) is 3.26. The van der Waals surface area contributed by atoms with E-state index in [2.05, 4.69) is 19.9 Å². The van der Waals surface area contributed by atoms with Crippen molar-refractivity contribution in [2.45, 2.75) is 20.3 Å². The maximum absolute atomic E-state index is 13.1. The molecule has 0 amide bonds. The van der Waals surface area contributed by atoms with Crippen molar-refractivity contribution in [1.29, 1.82) is 0 Å². The van der Waals surface area contributed by atoms with Gasteiger partial charge in [-0.25, -0.2) is 4.39 Å². The van der Waals surface area contributed by atoms with E-state index in [0.29, 0.717) is 11.7 Å². The van der Waals surface area contributed by atoms with Crippen LogP contribution in [-0.2, 0) is 0 Å². The summed E-state index contributed by atoms with van der Waals surface area (Å²) in [6, 6.07) is 4.43. The molecule has 1 aromatic carbocycles. The van der Waals surface area contributed by atoms with Gasteiger partial charge in [-0.2, -0.15) is 0 Å². The zero-order chi connectivity index (χ0) is 12.7. The first-order valence-electron chi connectivity index (χ1n) is 5.88. The predicted molar refractivity (Wildman–Crippen MR) is 67.5 cm³/mol. The van der Waals surface area contributed by atoms with E-state index in [-0.39, 0.29) is 19.0 Å². The van der Waals surface area contributed by atoms with Crippen LogP contribution in [0.1, 0.15) is 25.8 Å². The van der Waals surface area contributed by atoms with Gasteiger partial charge in [-0.15, -0.1) is 0 Å². The van der Waals surface area contributed by atoms with Gasteiger partial charge >= 0.3 is 0 Å². The highest BCUT2D eigenvalue weighted by Crippen LogP contribution is 2.22. The second-order valence-corrected chi connectivity index (χ2v) is 4.00. The number of aliphatic hydroxyl groups is 1. The third-order valence-corrected chi connectivity index (χ3v) is 2.57. The Morgan fingerprint density at radius 3 is 2.88 bits per heavy atom. The third-order valence-electron chi connectivity index (χ3n) is 2.57. The molecule has 1 unspecified atom stereocenters. The molecule has 0 fully saturated rings. The van der Waals surface area contributed by atoms with E-state index in [4.69, 9.17) is 9.84 Å². The molecule has 0 aliphatic carbocycles. The third kappa shape index (κ3) is 4.57. The van der Waals surface area contributed by atoms with Crippen LogP contribution in [0.2, 0.25) is 0 Å². The average molecular weight is 238 g/mol. The second-order valence-electron chi connectivity index (χ2n) is 4.00. The normalized spacial score (nSPS) is 12.9. The zero-order valence-corrected chi connectivity index (χ0v) is 10.3. The van der Waals surface area contributed by atoms with Gasteiger partial charge in [-0.05, 0) is 18.1 Å². The molecule has 3 heteroatoms. The van der Waals surface area contributed by atoms with Crippen molar-refractivity contribution < 1.29 is 14.2 Å². The number of rotatable bonds is 6. The van der Waals surface area contributed by atoms with E-state index in [1.807, 2.05) is 6.08 Å². The maximum atomic E-state index is 13.1. The van der Waals surface area contributed by atoms with Gasteiger partial charge in [-0.1, -0.05) is 32.4 Å². The molecular formula is C14H19FO2. The highest BCUT2D eigenvalue weighted by molar-refractivity contribution is 5.57. The first-order chi connectivity index (χ1) is 8.17. The van der Waals surface area contributed by atoms with Crippen LogP contribution >= 0.6 is 0 Å². The minimum absolute atomic E-state index is 0.0783. The molecule has 0 bridgehead atoms. The smallest absolute Gasteiger partial charge is 0.129 e. The summed E-state index contributed by atoms with van der Waals surface area (Å²) in [5, 5.41) is 8.71. The van der Waals surface area contributed by atoms with Crippen molar-refractivity contribution in [3.8, 4) is 5.75 Å². The number of hydrogen-bond donors (Lipinski definition) is 1. The molecule has 1 rings (SSSR count). The molecule has 17 heavy (non-hydrogen) atoms. The number of benzene rings is 1. The minimum atomic E-state index is -0.335. The number of aliphatic hydroxyl groups excluding tert-OH is 1. The maximum Gasteiger partial charge on any atom is 0.129 e. The van der Waals surface area contributed by atoms with Crippen LogP contribution in [0, 0.1) is 11.7 Å². The van der Waals surface area contributed by atoms with Crippen LogP contribution in [0.4, 0.5) is 4.39 Å². The molecule has 0 saturated carbocycles. The van der Waals surface area contributed by atoms with Gasteiger partial charge in [0.25, 0.3) is 0 Å². The fourth-order valence-electron chi connectivity index (χ4n) is 1.33. The summed E-state index contributed by atoms with van der Waals surface area (Å²) in [6.45, 7) is 4.33. The van der Waals surface area contributed by atoms with Crippen molar-refractivity contribution in [2.24, 2.45) is 5.92 Å². The SMILES string of the molecule is CCC(C)/C=C/c1ccc(F)cc1OCCO. The Morgan fingerprint density at radius 2 is 2.24 bits per heavy atom. The summed E-state index contributed by atoms with van der Waals surface area (Å²) in [6.07, 6.45) is 5.06. The van der Waals surface area contributed by atoms with Crippen molar-refractivity contribution >= 4 is 6.08 Å². The largest absolute Gasteiger partial charge is 0.490 e. The number of hydrogen-bond acceptors (Lipinski definition) is 2. The fourth-order valence-corrected chi connectivity index (χ4v) is 1.33. The van der Waals surface area contributed by atoms with E-state index in [0.717, 1.165) is 12.0 Å². The molecule has 0 aliphatic heterocycles. The first-order valence-corrected chi connectivity index (χ1v) is 5.88. The van der Waals surface area contributed by atoms with Crippen LogP contribution in [0.5, 0.6) is 5.75 Å². The van der Waals surface area contributed by atoms with Crippen LogP contribution in [0.3, 0.4) is 0 Å². The molecule has 2 nitrogen and oxygen atoms in total. The Balaban J connectivity index is 2.85. The summed E-state index contributed by atoms with van der Waals surface area (Å²) >= 11 is 0. The Bertz CT molecular complexity index is 374. The van der Waals surface area contributed by atoms with Gasteiger partial charge in [0, 0.05) is 11.6 Å². The number of ether oxygens (including phenoxy) is 1. The van der Waals surface area contributed by atoms with E-state index in [1.165, 1.54) is 12.1 Å². The van der Waals surface area contributed by atoms with E-state index in [1.54, 1.807) is 6.07 Å². The Morgan fingerprint density at radius 1 is 1.47 bits per heavy atom. The van der Waals surface area contributed by atoms with E-state index < -0.39 is 0 Å². The standard InChI is InChI=1S/C14H19FO2/c1-3-11(2)4-5-12-6-7-13(15)10-14(12)17-9-8-16/h4-7,10-11,16H,3,8-9H2,1-2H3/b5-4+. The molecule has 94 valence electrons. The quantitative estimate of drug-likeness (QED) is 0.824. The van der Waals surface area contributed by atoms with Crippen molar-refractivity contribution in [1.82, 2.24) is 0 Å². The summed E-state index contributed by atoms with van der Waals surface area (Å²) in [5.41, 5.74) is 0.833. The van der Waals surface area contributed by atoms with Gasteiger partial charge in [-0.3, -0.25) is 0 Å². The van der Waals surface area contributed by atoms with Crippen LogP contribution in [-0.4, -0.2) is 18.3 Å². The summed E-state index contributed by atoms with van der Waals surface area (Å²) in [5.74, 6) is 0.614. The molecule has 1 atom stereocenters. The molecule has 0 heterocycles. The molecule has 0 spiro atoms. The molecule has 1 aromatic rings. The van der Waals surface area contributed by atoms with Gasteiger partial charge in [0.2, 0.25) is 0 Å². The number of allylic oxidation sites excluding steroid dienone is 1. The molecule has 0 aliphatic rings. The second kappa shape index (κ2) is 7.07. The van der Waals surface area contributed by atoms with Crippen LogP contribution in [0.25, 0.3) is 6.08 Å². The average Bonchev–Trinajstić information content (AvgIpc) is 2.34. The Labute approximate surface area is 102 Å². The van der Waals surface area contributed by atoms with Gasteiger partial charge < -0.3 is 9.84 Å². The monoisotopic (exact) mass is 238 g/mol. The van der Waals surface area contributed by atoms with Gasteiger partial charge in [0.05, 0.1) is 6.61 Å². The van der Waals surface area contributed by atoms with Crippen molar-refractivity contribution in [3.05, 3.63) is 35.7 Å². The highest BCUT2D eigenvalue weighted by Gasteiger charge is 2.03. The van der Waals surface area contributed by atoms with Crippen LogP contribution < -0.4 is 4.74 Å². The molecule has 0 radical (unpaired) electrons.